The minimum atomic E-state index is -0.540. The Bertz CT molecular complexity index is 1180. The lowest BCUT2D eigenvalue weighted by Crippen LogP contribution is -2.34. The molecule has 0 aromatic heterocycles. The molecule has 0 fully saturated rings. The van der Waals surface area contributed by atoms with E-state index in [1.807, 2.05) is 49.4 Å². The van der Waals surface area contributed by atoms with Crippen LogP contribution in [0.2, 0.25) is 0 Å². The fraction of sp³-hybridized carbons (Fsp3) is 0.308. The highest BCUT2D eigenvalue weighted by Gasteiger charge is 2.40. The summed E-state index contributed by atoms with van der Waals surface area (Å²) in [5, 5.41) is 3.33. The van der Waals surface area contributed by atoms with Crippen molar-refractivity contribution in [2.75, 3.05) is 13.4 Å². The number of allylic oxidation sites excluding steroid dienone is 3. The fourth-order valence-corrected chi connectivity index (χ4v) is 5.25. The van der Waals surface area contributed by atoms with Gasteiger partial charge in [-0.05, 0) is 43.0 Å². The van der Waals surface area contributed by atoms with E-state index in [2.05, 4.69) is 21.2 Å². The zero-order chi connectivity index (χ0) is 22.9. The van der Waals surface area contributed by atoms with Crippen LogP contribution in [-0.4, -0.2) is 25.2 Å². The van der Waals surface area contributed by atoms with Gasteiger partial charge in [-0.1, -0.05) is 46.3 Å². The second-order valence-corrected chi connectivity index (χ2v) is 9.22. The van der Waals surface area contributed by atoms with Crippen LogP contribution in [0.5, 0.6) is 11.5 Å². The SMILES string of the molecule is CC1=C(C(=O)OCCc2ccccc2)[C@@H](c2cc3c(cc2Br)OCO3)C2=C(CCCC2=O)N1. The first-order valence-electron chi connectivity index (χ1n) is 11.1. The van der Waals surface area contributed by atoms with Crippen molar-refractivity contribution in [2.45, 2.75) is 38.5 Å². The first-order chi connectivity index (χ1) is 16.0. The Kier molecular flexibility index (Phi) is 5.98. The number of rotatable bonds is 5. The normalized spacial score (nSPS) is 19.3. The van der Waals surface area contributed by atoms with E-state index in [9.17, 15) is 9.59 Å². The number of carbonyl (C=O) groups excluding carboxylic acids is 2. The van der Waals surface area contributed by atoms with Gasteiger partial charge in [0.2, 0.25) is 6.79 Å². The molecule has 0 amide bonds. The number of ether oxygens (including phenoxy) is 3. The molecule has 0 saturated heterocycles. The largest absolute Gasteiger partial charge is 0.462 e. The molecule has 33 heavy (non-hydrogen) atoms. The summed E-state index contributed by atoms with van der Waals surface area (Å²) in [6, 6.07) is 13.6. The monoisotopic (exact) mass is 509 g/mol. The Morgan fingerprint density at radius 2 is 1.91 bits per heavy atom. The predicted molar refractivity (Wildman–Crippen MR) is 126 cm³/mol. The standard InChI is InChI=1S/C26H24BrNO5/c1-15-23(26(30)31-11-10-16-6-3-2-4-7-16)24(25-19(28-15)8-5-9-20(25)29)17-12-21-22(13-18(17)27)33-14-32-21/h2-4,6-7,12-13,24,28H,5,8-11,14H2,1H3/t24-/m1/s1. The summed E-state index contributed by atoms with van der Waals surface area (Å²) >= 11 is 3.64. The van der Waals surface area contributed by atoms with Crippen molar-refractivity contribution in [3.63, 3.8) is 0 Å². The van der Waals surface area contributed by atoms with Crippen molar-refractivity contribution in [3.05, 3.63) is 80.6 Å². The van der Waals surface area contributed by atoms with Crippen molar-refractivity contribution in [1.82, 2.24) is 5.32 Å². The number of esters is 1. The molecule has 0 bridgehead atoms. The highest BCUT2D eigenvalue weighted by molar-refractivity contribution is 9.10. The van der Waals surface area contributed by atoms with Gasteiger partial charge in [-0.2, -0.15) is 0 Å². The molecule has 6 nitrogen and oxygen atoms in total. The van der Waals surface area contributed by atoms with E-state index in [1.54, 1.807) is 0 Å². The first-order valence-corrected chi connectivity index (χ1v) is 11.9. The van der Waals surface area contributed by atoms with Gasteiger partial charge in [0.25, 0.3) is 0 Å². The minimum absolute atomic E-state index is 0.0559. The Hall–Kier alpha value is -3.06. The van der Waals surface area contributed by atoms with Gasteiger partial charge in [0.15, 0.2) is 17.3 Å². The Morgan fingerprint density at radius 1 is 1.15 bits per heavy atom. The molecule has 1 atom stereocenters. The van der Waals surface area contributed by atoms with Crippen LogP contribution in [0.3, 0.4) is 0 Å². The smallest absolute Gasteiger partial charge is 0.336 e. The molecule has 2 aromatic rings. The van der Waals surface area contributed by atoms with Crippen molar-refractivity contribution in [3.8, 4) is 11.5 Å². The lowest BCUT2D eigenvalue weighted by Gasteiger charge is -2.34. The summed E-state index contributed by atoms with van der Waals surface area (Å²) in [6.45, 7) is 2.27. The van der Waals surface area contributed by atoms with Gasteiger partial charge in [0, 0.05) is 40.2 Å². The molecule has 0 unspecified atom stereocenters. The number of hydrogen-bond donors (Lipinski definition) is 1. The zero-order valence-electron chi connectivity index (χ0n) is 18.3. The molecule has 0 spiro atoms. The molecule has 2 aliphatic heterocycles. The van der Waals surface area contributed by atoms with Gasteiger partial charge in [-0.25, -0.2) is 4.79 Å². The topological polar surface area (TPSA) is 73.9 Å². The Morgan fingerprint density at radius 3 is 2.70 bits per heavy atom. The highest BCUT2D eigenvalue weighted by atomic mass is 79.9. The van der Waals surface area contributed by atoms with E-state index >= 15 is 0 Å². The summed E-state index contributed by atoms with van der Waals surface area (Å²) in [7, 11) is 0. The van der Waals surface area contributed by atoms with Gasteiger partial charge >= 0.3 is 5.97 Å². The van der Waals surface area contributed by atoms with Crippen LogP contribution >= 0.6 is 15.9 Å². The molecule has 170 valence electrons. The number of benzene rings is 2. The van der Waals surface area contributed by atoms with E-state index in [4.69, 9.17) is 14.2 Å². The van der Waals surface area contributed by atoms with Crippen LogP contribution in [0.4, 0.5) is 0 Å². The fourth-order valence-electron chi connectivity index (χ4n) is 4.70. The Balaban J connectivity index is 1.50. The predicted octanol–water partition coefficient (Wildman–Crippen LogP) is 4.93. The van der Waals surface area contributed by atoms with E-state index in [-0.39, 0.29) is 19.2 Å². The molecule has 2 aromatic carbocycles. The van der Waals surface area contributed by atoms with Crippen molar-refractivity contribution < 1.29 is 23.8 Å². The van der Waals surface area contributed by atoms with Crippen LogP contribution in [-0.2, 0) is 20.7 Å². The molecule has 2 heterocycles. The molecule has 1 aliphatic carbocycles. The van der Waals surface area contributed by atoms with Crippen LogP contribution in [0, 0.1) is 0 Å². The van der Waals surface area contributed by atoms with Crippen molar-refractivity contribution in [2.24, 2.45) is 0 Å². The van der Waals surface area contributed by atoms with Gasteiger partial charge < -0.3 is 19.5 Å². The number of ketones is 1. The van der Waals surface area contributed by atoms with Crippen LogP contribution in [0.25, 0.3) is 0 Å². The molecule has 3 aliphatic rings. The first kappa shape index (κ1) is 21.8. The molecule has 7 heteroatoms. The molecule has 0 saturated carbocycles. The molecular weight excluding hydrogens is 486 g/mol. The lowest BCUT2D eigenvalue weighted by molar-refractivity contribution is -0.139. The number of dihydropyridines is 1. The molecule has 0 radical (unpaired) electrons. The maximum atomic E-state index is 13.4. The third-order valence-electron chi connectivity index (χ3n) is 6.27. The van der Waals surface area contributed by atoms with Gasteiger partial charge in [0.1, 0.15) is 0 Å². The van der Waals surface area contributed by atoms with Crippen molar-refractivity contribution in [1.29, 1.82) is 0 Å². The lowest BCUT2D eigenvalue weighted by atomic mass is 9.75. The van der Waals surface area contributed by atoms with Crippen LogP contribution < -0.4 is 14.8 Å². The maximum absolute atomic E-state index is 13.4. The van der Waals surface area contributed by atoms with Crippen LogP contribution in [0.15, 0.2) is 69.5 Å². The summed E-state index contributed by atoms with van der Waals surface area (Å²) in [4.78, 5) is 26.5. The van der Waals surface area contributed by atoms with E-state index in [1.165, 1.54) is 0 Å². The number of fused-ring (bicyclic) bond motifs is 1. The van der Waals surface area contributed by atoms with Crippen molar-refractivity contribution >= 4 is 27.7 Å². The van der Waals surface area contributed by atoms with Gasteiger partial charge in [-0.3, -0.25) is 4.79 Å². The number of nitrogens with one attached hydrogen (secondary N) is 1. The summed E-state index contributed by atoms with van der Waals surface area (Å²) < 4.78 is 17.6. The summed E-state index contributed by atoms with van der Waals surface area (Å²) in [6.07, 6.45) is 2.66. The van der Waals surface area contributed by atoms with Gasteiger partial charge in [-0.15, -0.1) is 0 Å². The molecule has 1 N–H and O–H groups in total. The summed E-state index contributed by atoms with van der Waals surface area (Å²) in [5.41, 5.74) is 4.58. The number of carbonyl (C=O) groups is 2. The second kappa shape index (κ2) is 9.06. The average molecular weight is 510 g/mol. The van der Waals surface area contributed by atoms with Crippen LogP contribution in [0.1, 0.15) is 43.2 Å². The average Bonchev–Trinajstić information content (AvgIpc) is 3.25. The van der Waals surface area contributed by atoms with Gasteiger partial charge in [0.05, 0.1) is 12.2 Å². The number of halogens is 1. The quantitative estimate of drug-likeness (QED) is 0.576. The number of Topliss-reactive ketones (excluding diaryl/α,β-unsaturated/α-hetero) is 1. The third kappa shape index (κ3) is 4.17. The summed E-state index contributed by atoms with van der Waals surface area (Å²) in [5.74, 6) is 0.334. The molecule has 5 rings (SSSR count). The van der Waals surface area contributed by atoms with E-state index in [0.29, 0.717) is 41.2 Å². The zero-order valence-corrected chi connectivity index (χ0v) is 19.9. The minimum Gasteiger partial charge on any atom is -0.462 e. The molecular formula is C26H24BrNO5. The highest BCUT2D eigenvalue weighted by Crippen LogP contribution is 2.48. The second-order valence-electron chi connectivity index (χ2n) is 8.36. The maximum Gasteiger partial charge on any atom is 0.336 e. The van der Waals surface area contributed by atoms with E-state index < -0.39 is 11.9 Å². The third-order valence-corrected chi connectivity index (χ3v) is 6.95. The number of hydrogen-bond acceptors (Lipinski definition) is 6. The Labute approximate surface area is 200 Å². The van der Waals surface area contributed by atoms with E-state index in [0.717, 1.165) is 34.1 Å².